The van der Waals surface area contributed by atoms with Crippen molar-refractivity contribution >= 4 is 45.6 Å². The van der Waals surface area contributed by atoms with Gasteiger partial charge < -0.3 is 29.5 Å². The van der Waals surface area contributed by atoms with E-state index in [9.17, 15) is 24.0 Å². The summed E-state index contributed by atoms with van der Waals surface area (Å²) in [6.07, 6.45) is 3.76. The van der Waals surface area contributed by atoms with Crippen molar-refractivity contribution in [3.63, 3.8) is 0 Å². The minimum absolute atomic E-state index is 0.0228. The molecule has 4 rings (SSSR count). The third kappa shape index (κ3) is 6.88. The van der Waals surface area contributed by atoms with Crippen molar-refractivity contribution in [1.82, 2.24) is 15.5 Å². The summed E-state index contributed by atoms with van der Waals surface area (Å²) >= 11 is 0. The van der Waals surface area contributed by atoms with E-state index in [0.717, 1.165) is 21.9 Å². The lowest BCUT2D eigenvalue weighted by atomic mass is 9.95. The van der Waals surface area contributed by atoms with Gasteiger partial charge in [-0.05, 0) is 56.7 Å². The van der Waals surface area contributed by atoms with E-state index in [0.29, 0.717) is 55.6 Å². The predicted octanol–water partition coefficient (Wildman–Crippen LogP) is 2.81. The lowest BCUT2D eigenvalue weighted by Gasteiger charge is -2.31. The van der Waals surface area contributed by atoms with Gasteiger partial charge in [0, 0.05) is 67.3 Å². The van der Waals surface area contributed by atoms with Crippen molar-refractivity contribution < 1.29 is 33.1 Å². The van der Waals surface area contributed by atoms with E-state index >= 15 is 0 Å². The van der Waals surface area contributed by atoms with Gasteiger partial charge in [-0.25, -0.2) is 4.79 Å². The molecule has 3 aromatic rings. The second kappa shape index (κ2) is 12.8. The largest absolute Gasteiger partial charge is 0.481 e. The van der Waals surface area contributed by atoms with E-state index in [2.05, 4.69) is 10.6 Å². The summed E-state index contributed by atoms with van der Waals surface area (Å²) < 4.78 is 11.0. The Hall–Kier alpha value is -4.15. The molecule has 1 aliphatic rings. The van der Waals surface area contributed by atoms with Gasteiger partial charge >= 0.3 is 11.6 Å². The van der Waals surface area contributed by atoms with Gasteiger partial charge in [0.2, 0.25) is 17.7 Å². The highest BCUT2D eigenvalue weighted by molar-refractivity contribution is 5.96. The van der Waals surface area contributed by atoms with Crippen molar-refractivity contribution in [3.05, 3.63) is 45.5 Å². The number of carboxylic acid groups (broad SMARTS) is 1. The Bertz CT molecular complexity index is 1480. The SMILES string of the molecule is Cc1coc2cc3oc(=O)c(CCC(=O)NCCCC(=O)N4CCC(C(=O)NCCC(=O)O)CC4)c(C)c3cc12. The average molecular weight is 554 g/mol. The lowest BCUT2D eigenvalue weighted by molar-refractivity contribution is -0.138. The Kier molecular flexibility index (Phi) is 9.23. The van der Waals surface area contributed by atoms with Crippen LogP contribution in [0.15, 0.2) is 32.0 Å². The number of aliphatic carboxylic acids is 1. The number of hydrogen-bond donors (Lipinski definition) is 3. The van der Waals surface area contributed by atoms with Crippen LogP contribution in [-0.2, 0) is 25.6 Å². The van der Waals surface area contributed by atoms with Gasteiger partial charge in [0.05, 0.1) is 12.7 Å². The molecule has 11 nitrogen and oxygen atoms in total. The van der Waals surface area contributed by atoms with Crippen molar-refractivity contribution in [3.8, 4) is 0 Å². The van der Waals surface area contributed by atoms with E-state index in [1.54, 1.807) is 17.2 Å². The predicted molar refractivity (Wildman–Crippen MR) is 147 cm³/mol. The van der Waals surface area contributed by atoms with Crippen molar-refractivity contribution in [2.75, 3.05) is 26.2 Å². The van der Waals surface area contributed by atoms with Gasteiger partial charge in [-0.2, -0.15) is 0 Å². The summed E-state index contributed by atoms with van der Waals surface area (Å²) in [5, 5.41) is 15.9. The van der Waals surface area contributed by atoms with Gasteiger partial charge in [0.1, 0.15) is 11.2 Å². The van der Waals surface area contributed by atoms with Gasteiger partial charge in [0.15, 0.2) is 0 Å². The molecule has 214 valence electrons. The molecule has 3 N–H and O–H groups in total. The molecule has 0 aliphatic carbocycles. The summed E-state index contributed by atoms with van der Waals surface area (Å²) in [6.45, 7) is 5.19. The fraction of sp³-hybridized carbons (Fsp3) is 0.483. The fourth-order valence-electron chi connectivity index (χ4n) is 5.11. The van der Waals surface area contributed by atoms with Crippen LogP contribution in [0.3, 0.4) is 0 Å². The van der Waals surface area contributed by atoms with E-state index in [-0.39, 0.29) is 55.9 Å². The van der Waals surface area contributed by atoms with Crippen LogP contribution in [-0.4, -0.2) is 59.9 Å². The number of amides is 3. The normalized spacial score (nSPS) is 14.0. The van der Waals surface area contributed by atoms with Crippen molar-refractivity contribution in [1.29, 1.82) is 0 Å². The lowest BCUT2D eigenvalue weighted by Crippen LogP contribution is -2.43. The second-order valence-electron chi connectivity index (χ2n) is 10.3. The summed E-state index contributed by atoms with van der Waals surface area (Å²) in [4.78, 5) is 62.0. The molecule has 0 radical (unpaired) electrons. The average Bonchev–Trinajstić information content (AvgIpc) is 3.29. The maximum Gasteiger partial charge on any atom is 0.339 e. The second-order valence-corrected chi connectivity index (χ2v) is 10.3. The van der Waals surface area contributed by atoms with Crippen LogP contribution in [0.1, 0.15) is 55.2 Å². The third-order valence-corrected chi connectivity index (χ3v) is 7.52. The highest BCUT2D eigenvalue weighted by atomic mass is 16.4. The molecule has 1 aliphatic heterocycles. The molecule has 0 bridgehead atoms. The highest BCUT2D eigenvalue weighted by Gasteiger charge is 2.27. The quantitative estimate of drug-likeness (QED) is 0.241. The van der Waals surface area contributed by atoms with Gasteiger partial charge in [0.25, 0.3) is 0 Å². The Labute approximate surface area is 230 Å². The van der Waals surface area contributed by atoms with Gasteiger partial charge in [-0.3, -0.25) is 19.2 Å². The van der Waals surface area contributed by atoms with E-state index in [1.807, 2.05) is 19.9 Å². The maximum atomic E-state index is 12.6. The fourth-order valence-corrected chi connectivity index (χ4v) is 5.11. The van der Waals surface area contributed by atoms with E-state index in [1.165, 1.54) is 0 Å². The summed E-state index contributed by atoms with van der Waals surface area (Å²) in [5.41, 5.74) is 2.88. The number of carbonyl (C=O) groups excluding carboxylic acids is 3. The zero-order chi connectivity index (χ0) is 28.8. The van der Waals surface area contributed by atoms with Gasteiger partial charge in [-0.15, -0.1) is 0 Å². The minimum Gasteiger partial charge on any atom is -0.481 e. The molecule has 1 aromatic carbocycles. The molecule has 3 heterocycles. The first-order valence-corrected chi connectivity index (χ1v) is 13.6. The van der Waals surface area contributed by atoms with Crippen LogP contribution in [0, 0.1) is 19.8 Å². The van der Waals surface area contributed by atoms with Crippen molar-refractivity contribution in [2.24, 2.45) is 5.92 Å². The molecule has 0 unspecified atom stereocenters. The number of fused-ring (bicyclic) bond motifs is 2. The number of hydrogen-bond acceptors (Lipinski definition) is 7. The Balaban J connectivity index is 1.18. The molecule has 1 saturated heterocycles. The molecule has 3 amide bonds. The Morgan fingerprint density at radius 2 is 1.73 bits per heavy atom. The van der Waals surface area contributed by atoms with Gasteiger partial charge in [-0.1, -0.05) is 0 Å². The summed E-state index contributed by atoms with van der Waals surface area (Å²) in [6, 6.07) is 3.66. The molecule has 0 atom stereocenters. The van der Waals surface area contributed by atoms with E-state index in [4.69, 9.17) is 13.9 Å². The first kappa shape index (κ1) is 28.8. The summed E-state index contributed by atoms with van der Waals surface area (Å²) in [7, 11) is 0. The number of carboxylic acids is 1. The molecule has 2 aromatic heterocycles. The molecule has 0 saturated carbocycles. The molecule has 0 spiro atoms. The Morgan fingerprint density at radius 3 is 2.45 bits per heavy atom. The first-order valence-electron chi connectivity index (χ1n) is 13.6. The number of benzene rings is 1. The van der Waals surface area contributed by atoms with Crippen LogP contribution < -0.4 is 16.3 Å². The molecular formula is C29H35N3O8. The molecule has 40 heavy (non-hydrogen) atoms. The van der Waals surface area contributed by atoms with Crippen LogP contribution in [0.2, 0.25) is 0 Å². The van der Waals surface area contributed by atoms with Crippen LogP contribution in [0.25, 0.3) is 21.9 Å². The molecule has 11 heteroatoms. The zero-order valence-corrected chi connectivity index (χ0v) is 22.8. The number of nitrogens with one attached hydrogen (secondary N) is 2. The summed E-state index contributed by atoms with van der Waals surface area (Å²) in [5.74, 6) is -1.58. The number of piperidine rings is 1. The third-order valence-electron chi connectivity index (χ3n) is 7.52. The minimum atomic E-state index is -0.962. The first-order chi connectivity index (χ1) is 19.1. The monoisotopic (exact) mass is 553 g/mol. The van der Waals surface area contributed by atoms with Crippen LogP contribution >= 0.6 is 0 Å². The topological polar surface area (TPSA) is 159 Å². The number of aryl methyl sites for hydroxylation is 2. The smallest absolute Gasteiger partial charge is 0.339 e. The van der Waals surface area contributed by atoms with E-state index < -0.39 is 11.6 Å². The molecule has 1 fully saturated rings. The zero-order valence-electron chi connectivity index (χ0n) is 22.8. The number of carbonyl (C=O) groups is 4. The number of rotatable bonds is 11. The standard InChI is InChI=1S/C29H35N3O8/c1-17-16-39-23-15-24-22(14-21(17)23)18(2)20(29(38)40-24)5-6-25(33)30-10-3-4-26(34)32-12-8-19(9-13-32)28(37)31-11-7-27(35)36/h14-16,19H,3-13H2,1-2H3,(H,30,33)(H,31,37)(H,35,36). The number of likely N-dealkylation sites (tertiary alicyclic amines) is 1. The van der Waals surface area contributed by atoms with Crippen molar-refractivity contribution in [2.45, 2.75) is 58.8 Å². The maximum absolute atomic E-state index is 12.6. The number of furan rings is 1. The number of nitrogens with zero attached hydrogens (tertiary/aromatic N) is 1. The van der Waals surface area contributed by atoms with Crippen LogP contribution in [0.5, 0.6) is 0 Å². The Morgan fingerprint density at radius 1 is 0.975 bits per heavy atom. The highest BCUT2D eigenvalue weighted by Crippen LogP contribution is 2.29. The van der Waals surface area contributed by atoms with Crippen LogP contribution in [0.4, 0.5) is 0 Å². The molecular weight excluding hydrogens is 518 g/mol.